The number of thiophene rings is 1. The van der Waals surface area contributed by atoms with E-state index in [9.17, 15) is 4.79 Å². The lowest BCUT2D eigenvalue weighted by Gasteiger charge is -2.06. The average molecular weight is 282 g/mol. The molecule has 0 aromatic carbocycles. The van der Waals surface area contributed by atoms with Crippen LogP contribution in [0.3, 0.4) is 0 Å². The van der Waals surface area contributed by atoms with Crippen LogP contribution in [0.15, 0.2) is 23.6 Å². The number of aryl methyl sites for hydroxylation is 1. The number of nitrogens with zero attached hydrogens (tertiary/aromatic N) is 1. The number of nitrogens with two attached hydrogens (primary N) is 1. The predicted octanol–water partition coefficient (Wildman–Crippen LogP) is 2.62. The minimum atomic E-state index is -0.319. The van der Waals surface area contributed by atoms with Crippen molar-refractivity contribution >= 4 is 34.7 Å². The van der Waals surface area contributed by atoms with Crippen LogP contribution in [0.4, 0.5) is 5.82 Å². The number of carbonyl (C=O) groups is 1. The van der Waals surface area contributed by atoms with Crippen molar-refractivity contribution in [1.82, 2.24) is 10.3 Å². The third-order valence-corrected chi connectivity index (χ3v) is 3.79. The molecule has 0 saturated heterocycles. The normalized spacial score (nSPS) is 10.3. The molecule has 0 bridgehead atoms. The van der Waals surface area contributed by atoms with E-state index in [-0.39, 0.29) is 17.4 Å². The molecule has 0 aliphatic heterocycles. The van der Waals surface area contributed by atoms with Gasteiger partial charge in [0.25, 0.3) is 5.91 Å². The van der Waals surface area contributed by atoms with Crippen molar-refractivity contribution in [2.24, 2.45) is 0 Å². The van der Waals surface area contributed by atoms with Gasteiger partial charge in [-0.15, -0.1) is 11.3 Å². The Morgan fingerprint density at radius 2 is 2.28 bits per heavy atom. The highest BCUT2D eigenvalue weighted by atomic mass is 35.5. The molecule has 3 N–H and O–H groups in total. The molecule has 0 fully saturated rings. The lowest BCUT2D eigenvalue weighted by atomic mass is 10.3. The maximum Gasteiger partial charge on any atom is 0.271 e. The van der Waals surface area contributed by atoms with Crippen molar-refractivity contribution < 1.29 is 4.79 Å². The fourth-order valence-electron chi connectivity index (χ4n) is 1.45. The Labute approximate surface area is 114 Å². The highest BCUT2D eigenvalue weighted by molar-refractivity contribution is 7.10. The van der Waals surface area contributed by atoms with Crippen molar-refractivity contribution in [3.8, 4) is 0 Å². The molecular weight excluding hydrogens is 270 g/mol. The molecule has 4 nitrogen and oxygen atoms in total. The van der Waals surface area contributed by atoms with Gasteiger partial charge in [-0.2, -0.15) is 0 Å². The highest BCUT2D eigenvalue weighted by Crippen LogP contribution is 2.17. The van der Waals surface area contributed by atoms with Gasteiger partial charge in [0, 0.05) is 4.88 Å². The summed E-state index contributed by atoms with van der Waals surface area (Å²) in [7, 11) is 0. The Bertz CT molecular complexity index is 582. The topological polar surface area (TPSA) is 68.0 Å². The SMILES string of the molecule is Cc1ccsc1CNC(=O)c1nc(N)ccc1Cl. The number of rotatable bonds is 3. The number of anilines is 1. The molecule has 18 heavy (non-hydrogen) atoms. The summed E-state index contributed by atoms with van der Waals surface area (Å²) >= 11 is 7.51. The third kappa shape index (κ3) is 2.80. The number of hydrogen-bond donors (Lipinski definition) is 2. The van der Waals surface area contributed by atoms with Gasteiger partial charge in [-0.3, -0.25) is 4.79 Å². The number of amides is 1. The first-order valence-electron chi connectivity index (χ1n) is 5.31. The number of halogens is 1. The zero-order valence-electron chi connectivity index (χ0n) is 9.74. The highest BCUT2D eigenvalue weighted by Gasteiger charge is 2.12. The van der Waals surface area contributed by atoms with Crippen LogP contribution in [0.2, 0.25) is 5.02 Å². The standard InChI is InChI=1S/C12H12ClN3OS/c1-7-4-5-18-9(7)6-15-12(17)11-8(13)2-3-10(14)16-11/h2-5H,6H2,1H3,(H2,14,16)(H,15,17). The number of nitrogen functional groups attached to an aromatic ring is 1. The Morgan fingerprint density at radius 1 is 1.50 bits per heavy atom. The first kappa shape index (κ1) is 12.9. The molecule has 2 rings (SSSR count). The average Bonchev–Trinajstić information content (AvgIpc) is 2.75. The van der Waals surface area contributed by atoms with E-state index in [2.05, 4.69) is 10.3 Å². The monoisotopic (exact) mass is 281 g/mol. The van der Waals surface area contributed by atoms with Gasteiger partial charge >= 0.3 is 0 Å². The number of hydrogen-bond acceptors (Lipinski definition) is 4. The maximum atomic E-state index is 11.9. The smallest absolute Gasteiger partial charge is 0.271 e. The van der Waals surface area contributed by atoms with Gasteiger partial charge in [-0.25, -0.2) is 4.98 Å². The Morgan fingerprint density at radius 3 is 2.94 bits per heavy atom. The molecule has 0 saturated carbocycles. The van der Waals surface area contributed by atoms with E-state index in [4.69, 9.17) is 17.3 Å². The first-order valence-corrected chi connectivity index (χ1v) is 6.57. The van der Waals surface area contributed by atoms with E-state index >= 15 is 0 Å². The summed E-state index contributed by atoms with van der Waals surface area (Å²) in [4.78, 5) is 17.0. The van der Waals surface area contributed by atoms with Crippen LogP contribution in [0, 0.1) is 6.92 Å². The largest absolute Gasteiger partial charge is 0.384 e. The van der Waals surface area contributed by atoms with Crippen LogP contribution >= 0.6 is 22.9 Å². The van der Waals surface area contributed by atoms with Gasteiger partial charge in [0.2, 0.25) is 0 Å². The fraction of sp³-hybridized carbons (Fsp3) is 0.167. The summed E-state index contributed by atoms with van der Waals surface area (Å²) in [6.07, 6.45) is 0. The second kappa shape index (κ2) is 5.37. The Balaban J connectivity index is 2.08. The summed E-state index contributed by atoms with van der Waals surface area (Å²) in [5.41, 5.74) is 6.85. The molecule has 2 heterocycles. The number of aromatic nitrogens is 1. The molecule has 2 aromatic heterocycles. The van der Waals surface area contributed by atoms with Crippen LogP contribution in [0.5, 0.6) is 0 Å². The summed E-state index contributed by atoms with van der Waals surface area (Å²) in [6, 6.07) is 5.13. The van der Waals surface area contributed by atoms with Crippen LogP contribution in [-0.2, 0) is 6.54 Å². The number of nitrogens with one attached hydrogen (secondary N) is 1. The molecular formula is C12H12ClN3OS. The molecule has 94 valence electrons. The lowest BCUT2D eigenvalue weighted by Crippen LogP contribution is -2.24. The van der Waals surface area contributed by atoms with E-state index < -0.39 is 0 Å². The van der Waals surface area contributed by atoms with Crippen LogP contribution in [0.1, 0.15) is 20.9 Å². The van der Waals surface area contributed by atoms with Crippen LogP contribution in [-0.4, -0.2) is 10.9 Å². The van der Waals surface area contributed by atoms with E-state index in [0.717, 1.165) is 10.4 Å². The van der Waals surface area contributed by atoms with Crippen LogP contribution in [0.25, 0.3) is 0 Å². The molecule has 6 heteroatoms. The van der Waals surface area contributed by atoms with Gasteiger partial charge in [-0.1, -0.05) is 11.6 Å². The summed E-state index contributed by atoms with van der Waals surface area (Å²) < 4.78 is 0. The van der Waals surface area contributed by atoms with Crippen molar-refractivity contribution in [3.63, 3.8) is 0 Å². The van der Waals surface area contributed by atoms with Crippen molar-refractivity contribution in [1.29, 1.82) is 0 Å². The van der Waals surface area contributed by atoms with Gasteiger partial charge in [0.05, 0.1) is 11.6 Å². The Kier molecular flexibility index (Phi) is 3.84. The fourth-order valence-corrected chi connectivity index (χ4v) is 2.48. The van der Waals surface area contributed by atoms with Crippen LogP contribution < -0.4 is 11.1 Å². The molecule has 0 spiro atoms. The summed E-state index contributed by atoms with van der Waals surface area (Å²) in [6.45, 7) is 2.47. The van der Waals surface area contributed by atoms with E-state index in [0.29, 0.717) is 11.6 Å². The Hall–Kier alpha value is -1.59. The van der Waals surface area contributed by atoms with Gasteiger partial charge in [-0.05, 0) is 36.1 Å². The van der Waals surface area contributed by atoms with Gasteiger partial charge in [0.15, 0.2) is 0 Å². The van der Waals surface area contributed by atoms with Crippen molar-refractivity contribution in [2.75, 3.05) is 5.73 Å². The maximum absolute atomic E-state index is 11.9. The molecule has 1 amide bonds. The first-order chi connectivity index (χ1) is 8.58. The minimum Gasteiger partial charge on any atom is -0.384 e. The molecule has 0 unspecified atom stereocenters. The molecule has 0 atom stereocenters. The zero-order valence-corrected chi connectivity index (χ0v) is 11.3. The van der Waals surface area contributed by atoms with Gasteiger partial charge < -0.3 is 11.1 Å². The quantitative estimate of drug-likeness (QED) is 0.909. The second-order valence-corrected chi connectivity index (χ2v) is 5.18. The third-order valence-electron chi connectivity index (χ3n) is 2.46. The predicted molar refractivity (Wildman–Crippen MR) is 73.9 cm³/mol. The zero-order chi connectivity index (χ0) is 13.1. The van der Waals surface area contributed by atoms with Gasteiger partial charge in [0.1, 0.15) is 11.5 Å². The number of pyridine rings is 1. The van der Waals surface area contributed by atoms with E-state index in [1.54, 1.807) is 23.5 Å². The van der Waals surface area contributed by atoms with E-state index in [1.807, 2.05) is 18.4 Å². The molecule has 0 radical (unpaired) electrons. The van der Waals surface area contributed by atoms with Crippen molar-refractivity contribution in [2.45, 2.75) is 13.5 Å². The summed E-state index contributed by atoms with van der Waals surface area (Å²) in [5.74, 6) is -0.0445. The second-order valence-electron chi connectivity index (χ2n) is 3.78. The van der Waals surface area contributed by atoms with E-state index in [1.165, 1.54) is 0 Å². The molecule has 0 aliphatic carbocycles. The molecule has 0 aliphatic rings. The number of carbonyl (C=O) groups excluding carboxylic acids is 1. The summed E-state index contributed by atoms with van der Waals surface area (Å²) in [5, 5.41) is 5.06. The molecule has 2 aromatic rings. The van der Waals surface area contributed by atoms with Crippen molar-refractivity contribution in [3.05, 3.63) is 44.7 Å². The lowest BCUT2D eigenvalue weighted by molar-refractivity contribution is 0.0946. The minimum absolute atomic E-state index is 0.158.